The van der Waals surface area contributed by atoms with Gasteiger partial charge in [0, 0.05) is 25.7 Å². The summed E-state index contributed by atoms with van der Waals surface area (Å²) in [7, 11) is 2.84. The van der Waals surface area contributed by atoms with Crippen LogP contribution in [0, 0.1) is 0 Å². The van der Waals surface area contributed by atoms with E-state index in [1.54, 1.807) is 11.0 Å². The Morgan fingerprint density at radius 2 is 2.11 bits per heavy atom. The van der Waals surface area contributed by atoms with E-state index in [4.69, 9.17) is 21.0 Å². The minimum atomic E-state index is -1.25. The molecule has 0 aromatic heterocycles. The number of aliphatic hydroxyl groups excluding tert-OH is 1. The maximum atomic E-state index is 13.5. The number of ether oxygens (including phenoxy) is 1. The zero-order valence-electron chi connectivity index (χ0n) is 21.9. The van der Waals surface area contributed by atoms with Crippen molar-refractivity contribution in [2.75, 3.05) is 33.9 Å². The monoisotopic (exact) mass is 529 g/mol. The standard InChI is InChI=1S/C24H35N9O5/c1-23(2)8-9-38-16-12(6-5-7-13(16)23)19(35)28-15-11-33-21(26)29-14(10-27-22(36)32(3)37-4)17-24(33,18(15)34)31-20(25)30-17/h5-7,14-15,17-18,34H,8-11H2,1-4H3,(H2,26,29)(H,27,36)(H,28,35)(H3,25,30,31)/t14-,15?,17?,18+,24?/m0/s1. The van der Waals surface area contributed by atoms with Gasteiger partial charge in [0.2, 0.25) is 0 Å². The number of aliphatic hydroxyl groups is 1. The number of hydrogen-bond donors (Lipinski definition) is 6. The van der Waals surface area contributed by atoms with Crippen molar-refractivity contribution >= 4 is 23.9 Å². The van der Waals surface area contributed by atoms with E-state index in [0.717, 1.165) is 17.0 Å². The summed E-state index contributed by atoms with van der Waals surface area (Å²) in [5.41, 5.74) is 12.4. The maximum absolute atomic E-state index is 13.5. The van der Waals surface area contributed by atoms with Gasteiger partial charge >= 0.3 is 6.03 Å². The van der Waals surface area contributed by atoms with E-state index in [1.165, 1.54) is 14.2 Å². The van der Waals surface area contributed by atoms with Crippen LogP contribution in [0.5, 0.6) is 5.75 Å². The number of rotatable bonds is 5. The van der Waals surface area contributed by atoms with Crippen LogP contribution < -0.4 is 32.2 Å². The molecule has 0 aliphatic carbocycles. The van der Waals surface area contributed by atoms with Crippen LogP contribution in [0.2, 0.25) is 0 Å². The largest absolute Gasteiger partial charge is 0.492 e. The van der Waals surface area contributed by atoms with Crippen molar-refractivity contribution in [3.63, 3.8) is 0 Å². The molecule has 0 radical (unpaired) electrons. The summed E-state index contributed by atoms with van der Waals surface area (Å²) in [6, 6.07) is 3.00. The molecule has 4 aliphatic heterocycles. The lowest BCUT2D eigenvalue weighted by Crippen LogP contribution is -2.73. The van der Waals surface area contributed by atoms with Gasteiger partial charge in [-0.15, -0.1) is 0 Å². The lowest BCUT2D eigenvalue weighted by Gasteiger charge is -2.46. The molecule has 1 spiro atoms. The second kappa shape index (κ2) is 9.20. The third-order valence-electron chi connectivity index (χ3n) is 7.96. The van der Waals surface area contributed by atoms with Crippen LogP contribution >= 0.6 is 0 Å². The van der Waals surface area contributed by atoms with E-state index in [0.29, 0.717) is 17.9 Å². The first-order valence-electron chi connectivity index (χ1n) is 12.5. The van der Waals surface area contributed by atoms with Crippen LogP contribution in [0.25, 0.3) is 0 Å². The molecule has 0 bridgehead atoms. The van der Waals surface area contributed by atoms with Crippen molar-refractivity contribution in [2.45, 2.75) is 55.6 Å². The first kappa shape index (κ1) is 25.9. The number of nitrogens with zero attached hydrogens (tertiary/aromatic N) is 4. The van der Waals surface area contributed by atoms with Gasteiger partial charge in [-0.2, -0.15) is 0 Å². The molecule has 5 atom stereocenters. The predicted molar refractivity (Wildman–Crippen MR) is 138 cm³/mol. The highest BCUT2D eigenvalue weighted by atomic mass is 16.7. The minimum Gasteiger partial charge on any atom is -0.492 e. The zero-order valence-corrected chi connectivity index (χ0v) is 21.9. The molecule has 4 aliphatic rings. The van der Waals surface area contributed by atoms with Gasteiger partial charge in [0.25, 0.3) is 5.91 Å². The fourth-order valence-electron chi connectivity index (χ4n) is 5.78. The molecule has 1 saturated heterocycles. The van der Waals surface area contributed by atoms with Gasteiger partial charge in [-0.05, 0) is 17.9 Å². The molecular weight excluding hydrogens is 494 g/mol. The van der Waals surface area contributed by atoms with Gasteiger partial charge in [0.15, 0.2) is 17.6 Å². The second-order valence-corrected chi connectivity index (χ2v) is 10.6. The molecule has 1 fully saturated rings. The number of benzene rings is 1. The molecule has 0 saturated carbocycles. The van der Waals surface area contributed by atoms with Crippen molar-refractivity contribution in [2.24, 2.45) is 21.5 Å². The highest BCUT2D eigenvalue weighted by Crippen LogP contribution is 2.42. The number of hydrogen-bond acceptors (Lipinski definition) is 11. The zero-order chi connectivity index (χ0) is 27.4. The van der Waals surface area contributed by atoms with Gasteiger partial charge in [-0.25, -0.2) is 19.8 Å². The Bertz CT molecular complexity index is 1200. The molecule has 3 unspecified atom stereocenters. The molecule has 4 heterocycles. The normalized spacial score (nSPS) is 30.5. The Labute approximate surface area is 220 Å². The number of aliphatic imine (C=N–C) groups is 2. The fourth-order valence-corrected chi connectivity index (χ4v) is 5.78. The highest BCUT2D eigenvalue weighted by molar-refractivity contribution is 5.98. The lowest BCUT2D eigenvalue weighted by atomic mass is 9.79. The second-order valence-electron chi connectivity index (χ2n) is 10.6. The van der Waals surface area contributed by atoms with Gasteiger partial charge < -0.3 is 42.2 Å². The molecule has 38 heavy (non-hydrogen) atoms. The van der Waals surface area contributed by atoms with E-state index in [2.05, 4.69) is 39.8 Å². The molecule has 14 heteroatoms. The molecule has 1 aromatic rings. The van der Waals surface area contributed by atoms with Crippen molar-refractivity contribution in [1.29, 1.82) is 0 Å². The SMILES string of the molecule is CON(C)C(=O)NC[C@@H]1N=C(N)N2CC(NC(=O)c3cccc4c3OCCC4(C)C)[C@@H](O)C23NC(N)=NC13. The molecule has 8 N–H and O–H groups in total. The van der Waals surface area contributed by atoms with E-state index >= 15 is 0 Å². The number of nitrogens with two attached hydrogens (primary N) is 2. The number of guanidine groups is 2. The van der Waals surface area contributed by atoms with Gasteiger partial charge in [-0.1, -0.05) is 26.0 Å². The highest BCUT2D eigenvalue weighted by Gasteiger charge is 2.65. The summed E-state index contributed by atoms with van der Waals surface area (Å²) in [6.07, 6.45) is -0.313. The van der Waals surface area contributed by atoms with E-state index in [9.17, 15) is 14.7 Å². The Balaban J connectivity index is 1.38. The van der Waals surface area contributed by atoms with Gasteiger partial charge in [0.1, 0.15) is 17.9 Å². The predicted octanol–water partition coefficient (Wildman–Crippen LogP) is -1.60. The quantitative estimate of drug-likeness (QED) is 0.244. The summed E-state index contributed by atoms with van der Waals surface area (Å²) in [6.45, 7) is 5.00. The van der Waals surface area contributed by atoms with Gasteiger partial charge in [0.05, 0.1) is 31.4 Å². The Hall–Kier alpha value is -3.78. The van der Waals surface area contributed by atoms with Crippen LogP contribution in [0.15, 0.2) is 28.2 Å². The van der Waals surface area contributed by atoms with E-state index in [1.807, 2.05) is 12.1 Å². The number of fused-ring (bicyclic) bond motifs is 1. The molecule has 206 valence electrons. The summed E-state index contributed by atoms with van der Waals surface area (Å²) in [5, 5.41) is 21.4. The lowest BCUT2D eigenvalue weighted by molar-refractivity contribution is -0.0650. The molecule has 14 nitrogen and oxygen atoms in total. The van der Waals surface area contributed by atoms with Crippen LogP contribution in [-0.4, -0.2) is 103 Å². The van der Waals surface area contributed by atoms with Crippen molar-refractivity contribution in [3.05, 3.63) is 29.3 Å². The minimum absolute atomic E-state index is 0.0684. The van der Waals surface area contributed by atoms with Crippen molar-refractivity contribution < 1.29 is 24.3 Å². The molecule has 3 amide bonds. The molecule has 1 aromatic carbocycles. The summed E-state index contributed by atoms with van der Waals surface area (Å²) < 4.78 is 5.91. The van der Waals surface area contributed by atoms with E-state index in [-0.39, 0.29) is 36.3 Å². The fraction of sp³-hybridized carbons (Fsp3) is 0.583. The Kier molecular flexibility index (Phi) is 6.26. The first-order valence-corrected chi connectivity index (χ1v) is 12.5. The Morgan fingerprint density at radius 1 is 1.34 bits per heavy atom. The van der Waals surface area contributed by atoms with Crippen LogP contribution in [0.3, 0.4) is 0 Å². The number of urea groups is 1. The van der Waals surface area contributed by atoms with Crippen molar-refractivity contribution in [3.8, 4) is 5.75 Å². The van der Waals surface area contributed by atoms with Gasteiger partial charge in [-0.3, -0.25) is 9.63 Å². The molecule has 5 rings (SSSR count). The van der Waals surface area contributed by atoms with Crippen LogP contribution in [-0.2, 0) is 10.3 Å². The van der Waals surface area contributed by atoms with Crippen LogP contribution in [0.4, 0.5) is 4.79 Å². The summed E-state index contributed by atoms with van der Waals surface area (Å²) >= 11 is 0. The average molecular weight is 530 g/mol. The Morgan fingerprint density at radius 3 is 2.84 bits per heavy atom. The summed E-state index contributed by atoms with van der Waals surface area (Å²) in [4.78, 5) is 41.3. The molecular formula is C24H35N9O5. The number of carbonyl (C=O) groups excluding carboxylic acids is 2. The van der Waals surface area contributed by atoms with E-state index < -0.39 is 35.9 Å². The van der Waals surface area contributed by atoms with Crippen LogP contribution in [0.1, 0.15) is 36.2 Å². The number of para-hydroxylation sites is 1. The third kappa shape index (κ3) is 3.95. The maximum Gasteiger partial charge on any atom is 0.341 e. The number of amides is 3. The first-order chi connectivity index (χ1) is 18.0. The summed E-state index contributed by atoms with van der Waals surface area (Å²) in [5.74, 6) is 0.433. The average Bonchev–Trinajstić information content (AvgIpc) is 3.37. The smallest absolute Gasteiger partial charge is 0.341 e. The third-order valence-corrected chi connectivity index (χ3v) is 7.96. The number of hydroxylamine groups is 2. The number of carbonyl (C=O) groups is 2. The number of nitrogens with one attached hydrogen (secondary N) is 3. The van der Waals surface area contributed by atoms with Crippen molar-refractivity contribution in [1.82, 2.24) is 25.9 Å². The topological polar surface area (TPSA) is 192 Å².